The summed E-state index contributed by atoms with van der Waals surface area (Å²) in [5.74, 6) is 0.610. The minimum atomic E-state index is -0.206. The number of hydrogen-bond acceptors (Lipinski definition) is 4. The summed E-state index contributed by atoms with van der Waals surface area (Å²) in [7, 11) is 1.60. The molecule has 0 spiro atoms. The van der Waals surface area contributed by atoms with Crippen molar-refractivity contribution in [2.75, 3.05) is 20.2 Å². The van der Waals surface area contributed by atoms with Crippen LogP contribution in [0.25, 0.3) is 10.9 Å². The van der Waals surface area contributed by atoms with Gasteiger partial charge in [0.05, 0.1) is 7.11 Å². The van der Waals surface area contributed by atoms with E-state index >= 15 is 0 Å². The first-order valence-corrected chi connectivity index (χ1v) is 13.5. The number of ether oxygens (including phenoxy) is 1. The van der Waals surface area contributed by atoms with E-state index in [1.165, 1.54) is 11.1 Å². The van der Waals surface area contributed by atoms with Crippen LogP contribution in [0.2, 0.25) is 0 Å². The molecular weight excluding hydrogens is 504 g/mol. The van der Waals surface area contributed by atoms with Crippen LogP contribution >= 0.6 is 0 Å². The molecule has 3 aromatic carbocycles. The van der Waals surface area contributed by atoms with Crippen molar-refractivity contribution in [3.8, 4) is 5.75 Å². The number of carbonyl (C=O) groups is 3. The molecule has 0 aliphatic heterocycles. The van der Waals surface area contributed by atoms with Crippen molar-refractivity contribution in [3.63, 3.8) is 0 Å². The number of benzene rings is 3. The van der Waals surface area contributed by atoms with Crippen molar-refractivity contribution in [1.82, 2.24) is 20.9 Å². The fourth-order valence-electron chi connectivity index (χ4n) is 3.73. The van der Waals surface area contributed by atoms with Crippen LogP contribution in [0.4, 0.5) is 0 Å². The van der Waals surface area contributed by atoms with Gasteiger partial charge in [-0.1, -0.05) is 55.0 Å². The van der Waals surface area contributed by atoms with Crippen LogP contribution in [0.5, 0.6) is 5.75 Å². The second kappa shape index (κ2) is 15.7. The maximum absolute atomic E-state index is 11.8. The zero-order valence-electron chi connectivity index (χ0n) is 23.3. The second-order valence-electron chi connectivity index (χ2n) is 9.42. The topological polar surface area (TPSA) is 112 Å². The van der Waals surface area contributed by atoms with E-state index in [1.807, 2.05) is 60.7 Å². The summed E-state index contributed by atoms with van der Waals surface area (Å²) in [5, 5.41) is 9.07. The summed E-state index contributed by atoms with van der Waals surface area (Å²) in [5.41, 5.74) is 4.68. The Balaban J connectivity index is 0.000000183. The first kappa shape index (κ1) is 30.0. The maximum Gasteiger partial charge on any atom is 0.267 e. The van der Waals surface area contributed by atoms with E-state index in [2.05, 4.69) is 46.9 Å². The molecule has 1 heterocycles. The highest BCUT2D eigenvalue weighted by Gasteiger charge is 2.23. The number of aromatic nitrogens is 1. The van der Waals surface area contributed by atoms with Gasteiger partial charge in [0.1, 0.15) is 11.4 Å². The Kier molecular flexibility index (Phi) is 11.8. The van der Waals surface area contributed by atoms with Gasteiger partial charge in [-0.2, -0.15) is 0 Å². The summed E-state index contributed by atoms with van der Waals surface area (Å²) in [6.07, 6.45) is 3.85. The lowest BCUT2D eigenvalue weighted by Gasteiger charge is -2.04. The Bertz CT molecular complexity index is 1380. The predicted octanol–water partition coefficient (Wildman–Crippen LogP) is 4.79. The van der Waals surface area contributed by atoms with Crippen molar-refractivity contribution < 1.29 is 19.1 Å². The molecule has 8 nitrogen and oxygen atoms in total. The largest absolute Gasteiger partial charge is 0.497 e. The minimum Gasteiger partial charge on any atom is -0.497 e. The van der Waals surface area contributed by atoms with E-state index in [1.54, 1.807) is 13.2 Å². The molecule has 1 saturated carbocycles. The third-order valence-electron chi connectivity index (χ3n) is 6.16. The van der Waals surface area contributed by atoms with Crippen molar-refractivity contribution >= 4 is 29.1 Å². The number of carbonyl (C=O) groups excluding carboxylic acids is 3. The molecule has 1 fully saturated rings. The fourth-order valence-corrected chi connectivity index (χ4v) is 3.73. The van der Waals surface area contributed by atoms with Gasteiger partial charge in [-0.15, -0.1) is 0 Å². The molecule has 5 rings (SSSR count). The van der Waals surface area contributed by atoms with E-state index in [-0.39, 0.29) is 11.8 Å². The van der Waals surface area contributed by atoms with E-state index in [9.17, 15) is 14.4 Å². The Morgan fingerprint density at radius 2 is 1.73 bits per heavy atom. The number of rotatable bonds is 9. The lowest BCUT2D eigenvalue weighted by molar-refractivity contribution is -0.109. The molecule has 4 aromatic rings. The van der Waals surface area contributed by atoms with Gasteiger partial charge in [-0.3, -0.25) is 14.4 Å². The number of methoxy groups -OCH3 is 1. The van der Waals surface area contributed by atoms with Crippen LogP contribution in [0.3, 0.4) is 0 Å². The molecule has 1 aromatic heterocycles. The van der Waals surface area contributed by atoms with Gasteiger partial charge in [0, 0.05) is 35.6 Å². The van der Waals surface area contributed by atoms with Crippen LogP contribution in [-0.2, 0) is 11.2 Å². The molecule has 0 bridgehead atoms. The molecule has 8 heteroatoms. The van der Waals surface area contributed by atoms with Gasteiger partial charge in [0.25, 0.3) is 11.8 Å². The molecule has 0 atom stereocenters. The van der Waals surface area contributed by atoms with Crippen molar-refractivity contribution in [2.24, 2.45) is 0 Å². The van der Waals surface area contributed by atoms with Gasteiger partial charge >= 0.3 is 0 Å². The average molecular weight is 543 g/mol. The van der Waals surface area contributed by atoms with Gasteiger partial charge in [0.15, 0.2) is 0 Å². The first-order valence-electron chi connectivity index (χ1n) is 13.5. The molecule has 0 unspecified atom stereocenters. The molecule has 4 N–H and O–H groups in total. The summed E-state index contributed by atoms with van der Waals surface area (Å²) in [6.45, 7) is 4.97. The summed E-state index contributed by atoms with van der Waals surface area (Å²) < 4.78 is 5.13. The molecule has 1 aliphatic carbocycles. The quantitative estimate of drug-likeness (QED) is 0.180. The van der Waals surface area contributed by atoms with Crippen LogP contribution < -0.4 is 20.7 Å². The number of fused-ring (bicyclic) bond motifs is 1. The van der Waals surface area contributed by atoms with Crippen molar-refractivity contribution in [2.45, 2.75) is 39.2 Å². The number of amides is 3. The van der Waals surface area contributed by atoms with E-state index < -0.39 is 0 Å². The lowest BCUT2D eigenvalue weighted by atomic mass is 10.1. The lowest BCUT2D eigenvalue weighted by Crippen LogP contribution is -2.31. The molecule has 0 saturated heterocycles. The van der Waals surface area contributed by atoms with Crippen LogP contribution in [0, 0.1) is 6.92 Å². The highest BCUT2D eigenvalue weighted by atomic mass is 16.5. The van der Waals surface area contributed by atoms with Gasteiger partial charge < -0.3 is 25.7 Å². The van der Waals surface area contributed by atoms with E-state index in [4.69, 9.17) is 4.74 Å². The molecular formula is C32H38N4O4. The zero-order chi connectivity index (χ0) is 28.7. The smallest absolute Gasteiger partial charge is 0.267 e. The monoisotopic (exact) mass is 542 g/mol. The van der Waals surface area contributed by atoms with E-state index in [0.717, 1.165) is 41.5 Å². The summed E-state index contributed by atoms with van der Waals surface area (Å²) >= 11 is 0. The summed E-state index contributed by atoms with van der Waals surface area (Å²) in [6, 6.07) is 25.8. The third kappa shape index (κ3) is 9.94. The number of H-pyrrole nitrogens is 1. The maximum atomic E-state index is 11.8. The van der Waals surface area contributed by atoms with Crippen LogP contribution in [0.15, 0.2) is 78.9 Å². The zero-order valence-corrected chi connectivity index (χ0v) is 23.3. The van der Waals surface area contributed by atoms with Crippen LogP contribution in [-0.4, -0.2) is 49.4 Å². The average Bonchev–Trinajstić information content (AvgIpc) is 3.70. The normalized spacial score (nSPS) is 11.7. The highest BCUT2D eigenvalue weighted by molar-refractivity contribution is 5.98. The number of nitrogens with one attached hydrogen (secondary N) is 4. The number of aromatic amines is 1. The second-order valence-corrected chi connectivity index (χ2v) is 9.42. The van der Waals surface area contributed by atoms with Gasteiger partial charge in [-0.25, -0.2) is 0 Å². The van der Waals surface area contributed by atoms with E-state index in [0.29, 0.717) is 31.2 Å². The highest BCUT2D eigenvalue weighted by Crippen LogP contribution is 2.21. The predicted molar refractivity (Wildman–Crippen MR) is 159 cm³/mol. The number of aryl methyl sites for hydroxylation is 2. The van der Waals surface area contributed by atoms with Gasteiger partial charge in [0.2, 0.25) is 6.41 Å². The fraction of sp³-hybridized carbons (Fsp3) is 0.281. The summed E-state index contributed by atoms with van der Waals surface area (Å²) in [4.78, 5) is 36.6. The molecule has 0 radical (unpaired) electrons. The molecule has 210 valence electrons. The molecule has 40 heavy (non-hydrogen) atoms. The Labute approximate surface area is 235 Å². The molecule has 3 amide bonds. The SMILES string of the molecule is CCc1cccc(C(=O)NC2CC2)c1.COc1ccc2[nH]c(C(=O)NCCNC=O)cc2c1.Cc1ccccc1. The molecule has 1 aliphatic rings. The van der Waals surface area contributed by atoms with Gasteiger partial charge in [-0.05, 0) is 68.1 Å². The standard InChI is InChI=1S/C13H15N3O3.C12H15NO.C7H8/c1-19-10-2-3-11-9(6-10)7-12(16-11)13(18)15-5-4-14-8-17;1-2-9-4-3-5-10(8-9)12(14)13-11-6-7-11;1-7-5-3-2-4-6-7/h2-3,6-8,16H,4-5H2,1H3,(H,14,17)(H,15,18);3-5,8,11H,2,6-7H2,1H3,(H,13,14);2-6H,1H3. The third-order valence-corrected chi connectivity index (χ3v) is 6.16. The van der Waals surface area contributed by atoms with Crippen molar-refractivity contribution in [1.29, 1.82) is 0 Å². The van der Waals surface area contributed by atoms with Crippen molar-refractivity contribution in [3.05, 3.63) is 101 Å². The minimum absolute atomic E-state index is 0.0720. The number of hydrogen-bond donors (Lipinski definition) is 4. The Morgan fingerprint density at radius 1 is 0.950 bits per heavy atom. The first-order chi connectivity index (χ1) is 19.4. The Hall–Kier alpha value is -4.59. The van der Waals surface area contributed by atoms with Crippen LogP contribution in [0.1, 0.15) is 51.7 Å². The Morgan fingerprint density at radius 3 is 2.35 bits per heavy atom.